The number of pyridine rings is 1. The second-order valence-electron chi connectivity index (χ2n) is 7.75. The van der Waals surface area contributed by atoms with Crippen LogP contribution in [0.15, 0.2) is 84.3 Å². The van der Waals surface area contributed by atoms with Gasteiger partial charge >= 0.3 is 0 Å². The molecule has 3 N–H and O–H groups in total. The first-order chi connectivity index (χ1) is 16.5. The Bertz CT molecular complexity index is 1380. The maximum Gasteiger partial charge on any atom is 0.255 e. The van der Waals surface area contributed by atoms with Gasteiger partial charge in [-0.2, -0.15) is 4.98 Å². The predicted molar refractivity (Wildman–Crippen MR) is 127 cm³/mol. The molecule has 9 nitrogen and oxygen atoms in total. The zero-order chi connectivity index (χ0) is 23.7. The number of benzene rings is 2. The Morgan fingerprint density at radius 1 is 1.09 bits per heavy atom. The van der Waals surface area contributed by atoms with Crippen LogP contribution in [0.2, 0.25) is 0 Å². The molecule has 0 saturated carbocycles. The molecule has 0 saturated heterocycles. The summed E-state index contributed by atoms with van der Waals surface area (Å²) in [5.41, 5.74) is 3.30. The largest absolute Gasteiger partial charge is 0.508 e. The lowest BCUT2D eigenvalue weighted by Crippen LogP contribution is -2.31. The van der Waals surface area contributed by atoms with Crippen LogP contribution in [0.4, 0.5) is 11.6 Å². The van der Waals surface area contributed by atoms with Crippen molar-refractivity contribution in [1.29, 1.82) is 0 Å². The number of aromatic nitrogens is 4. The number of phenols is 1. The summed E-state index contributed by atoms with van der Waals surface area (Å²) >= 11 is 0. The summed E-state index contributed by atoms with van der Waals surface area (Å²) in [4.78, 5) is 22.3. The number of fused-ring (bicyclic) bond motifs is 1. The number of nitrogens with zero attached hydrogens (tertiary/aromatic N) is 4. The number of carbonyl (C=O) groups excluding carboxylic acids is 1. The van der Waals surface area contributed by atoms with Gasteiger partial charge in [-0.1, -0.05) is 12.1 Å². The normalized spacial score (nSPS) is 14.8. The topological polar surface area (TPSA) is 114 Å². The van der Waals surface area contributed by atoms with E-state index < -0.39 is 6.04 Å². The second kappa shape index (κ2) is 8.70. The third-order valence-corrected chi connectivity index (χ3v) is 5.60. The van der Waals surface area contributed by atoms with Crippen LogP contribution in [-0.4, -0.2) is 37.9 Å². The minimum atomic E-state index is -0.535. The molecule has 1 unspecified atom stereocenters. The summed E-state index contributed by atoms with van der Waals surface area (Å²) in [6.07, 6.45) is 3.36. The molecule has 1 atom stereocenters. The molecule has 0 aliphatic carbocycles. The first-order valence-electron chi connectivity index (χ1n) is 10.6. The zero-order valence-electron chi connectivity index (χ0n) is 18.6. The molecular formula is C25H22N6O3. The van der Waals surface area contributed by atoms with Crippen LogP contribution >= 0.6 is 0 Å². The minimum Gasteiger partial charge on any atom is -0.508 e. The summed E-state index contributed by atoms with van der Waals surface area (Å²) in [6.45, 7) is 1.84. The van der Waals surface area contributed by atoms with Crippen molar-refractivity contribution in [3.63, 3.8) is 0 Å². The smallest absolute Gasteiger partial charge is 0.255 e. The van der Waals surface area contributed by atoms with Gasteiger partial charge in [-0.15, -0.1) is 5.10 Å². The summed E-state index contributed by atoms with van der Waals surface area (Å²) in [5.74, 6) is 1.42. The van der Waals surface area contributed by atoms with Crippen molar-refractivity contribution >= 4 is 17.5 Å². The number of ether oxygens (including phenoxy) is 1. The molecule has 2 aromatic carbocycles. The van der Waals surface area contributed by atoms with Gasteiger partial charge in [0.1, 0.15) is 17.5 Å². The predicted octanol–water partition coefficient (Wildman–Crippen LogP) is 3.98. The van der Waals surface area contributed by atoms with Crippen molar-refractivity contribution in [1.82, 2.24) is 19.7 Å². The van der Waals surface area contributed by atoms with E-state index in [0.717, 1.165) is 11.1 Å². The van der Waals surface area contributed by atoms with Crippen LogP contribution in [-0.2, 0) is 4.79 Å². The fourth-order valence-corrected chi connectivity index (χ4v) is 3.97. The van der Waals surface area contributed by atoms with E-state index in [1.54, 1.807) is 60.6 Å². The summed E-state index contributed by atoms with van der Waals surface area (Å²) in [6, 6.07) is 17.1. The Balaban J connectivity index is 1.58. The van der Waals surface area contributed by atoms with Crippen molar-refractivity contribution in [2.24, 2.45) is 0 Å². The van der Waals surface area contributed by atoms with Gasteiger partial charge in [0.15, 0.2) is 5.82 Å². The third-order valence-electron chi connectivity index (χ3n) is 5.60. The van der Waals surface area contributed by atoms with E-state index in [-0.39, 0.29) is 11.7 Å². The Labute approximate surface area is 195 Å². The molecule has 170 valence electrons. The van der Waals surface area contributed by atoms with Crippen LogP contribution in [0.5, 0.6) is 11.5 Å². The van der Waals surface area contributed by atoms with Gasteiger partial charge in [0.2, 0.25) is 5.95 Å². The minimum absolute atomic E-state index is 0.160. The maximum absolute atomic E-state index is 13.6. The van der Waals surface area contributed by atoms with Gasteiger partial charge < -0.3 is 20.5 Å². The molecule has 3 heterocycles. The quantitative estimate of drug-likeness (QED) is 0.418. The van der Waals surface area contributed by atoms with E-state index in [1.807, 2.05) is 31.2 Å². The average Bonchev–Trinajstić information content (AvgIpc) is 3.28. The molecule has 0 bridgehead atoms. The number of anilines is 2. The fraction of sp³-hybridized carbons (Fsp3) is 0.120. The molecular weight excluding hydrogens is 432 g/mol. The summed E-state index contributed by atoms with van der Waals surface area (Å²) < 4.78 is 7.08. The molecule has 4 aromatic rings. The molecule has 2 aromatic heterocycles. The lowest BCUT2D eigenvalue weighted by Gasteiger charge is -2.28. The van der Waals surface area contributed by atoms with Gasteiger partial charge in [-0.05, 0) is 61.0 Å². The highest BCUT2D eigenvalue weighted by Crippen LogP contribution is 2.37. The molecule has 1 amide bonds. The van der Waals surface area contributed by atoms with Crippen LogP contribution in [0, 0.1) is 0 Å². The van der Waals surface area contributed by atoms with Crippen molar-refractivity contribution in [2.75, 3.05) is 17.7 Å². The molecule has 0 radical (unpaired) electrons. The monoisotopic (exact) mass is 454 g/mol. The Morgan fingerprint density at radius 3 is 2.56 bits per heavy atom. The molecule has 34 heavy (non-hydrogen) atoms. The first kappa shape index (κ1) is 21.2. The number of methoxy groups -OCH3 is 1. The molecule has 1 aliphatic heterocycles. The van der Waals surface area contributed by atoms with Crippen molar-refractivity contribution in [3.8, 4) is 22.9 Å². The lowest BCUT2D eigenvalue weighted by atomic mass is 9.96. The van der Waals surface area contributed by atoms with E-state index in [4.69, 9.17) is 9.84 Å². The van der Waals surface area contributed by atoms with Crippen LogP contribution in [0.3, 0.4) is 0 Å². The first-order valence-corrected chi connectivity index (χ1v) is 10.6. The average molecular weight is 454 g/mol. The number of para-hydroxylation sites is 2. The van der Waals surface area contributed by atoms with Crippen LogP contribution < -0.4 is 15.4 Å². The van der Waals surface area contributed by atoms with E-state index in [0.29, 0.717) is 34.5 Å². The Hall–Kier alpha value is -4.66. The highest BCUT2D eigenvalue weighted by Gasteiger charge is 2.34. The van der Waals surface area contributed by atoms with Crippen LogP contribution in [0.1, 0.15) is 18.5 Å². The highest BCUT2D eigenvalue weighted by atomic mass is 16.5. The van der Waals surface area contributed by atoms with E-state index >= 15 is 0 Å². The second-order valence-corrected chi connectivity index (χ2v) is 7.75. The molecule has 0 fully saturated rings. The van der Waals surface area contributed by atoms with Crippen LogP contribution in [0.25, 0.3) is 11.4 Å². The highest BCUT2D eigenvalue weighted by molar-refractivity contribution is 6.06. The SMILES string of the molecule is COc1ccccc1NC(=O)C1=C(C)Nc2nc(-c3ccc(O)cc3)nn2C1c1ccncc1. The number of rotatable bonds is 5. The standard InChI is InChI=1S/C25H22N6O3/c1-15-21(24(33)28-19-5-3-4-6-20(19)34-2)22(16-11-13-26-14-12-16)31-25(27-15)29-23(30-31)17-7-9-18(32)10-8-17/h3-14,22,32H,1-2H3,(H,28,33)(H,27,29,30). The summed E-state index contributed by atoms with van der Waals surface area (Å²) in [7, 11) is 1.56. The summed E-state index contributed by atoms with van der Waals surface area (Å²) in [5, 5.41) is 20.5. The van der Waals surface area contributed by atoms with E-state index in [1.165, 1.54) is 0 Å². The number of hydrogen-bond acceptors (Lipinski definition) is 7. The van der Waals surface area contributed by atoms with Gasteiger partial charge in [-0.25, -0.2) is 4.68 Å². The van der Waals surface area contributed by atoms with Crippen molar-refractivity contribution < 1.29 is 14.6 Å². The Morgan fingerprint density at radius 2 is 1.82 bits per heavy atom. The van der Waals surface area contributed by atoms with Crippen molar-refractivity contribution in [2.45, 2.75) is 13.0 Å². The lowest BCUT2D eigenvalue weighted by molar-refractivity contribution is -0.113. The maximum atomic E-state index is 13.6. The van der Waals surface area contributed by atoms with Gasteiger partial charge in [0.05, 0.1) is 18.4 Å². The number of aromatic hydroxyl groups is 1. The Kier molecular flexibility index (Phi) is 5.43. The number of carbonyl (C=O) groups is 1. The molecule has 0 spiro atoms. The van der Waals surface area contributed by atoms with Gasteiger partial charge in [-0.3, -0.25) is 9.78 Å². The third kappa shape index (κ3) is 3.83. The van der Waals surface area contributed by atoms with Gasteiger partial charge in [0, 0.05) is 23.7 Å². The molecule has 1 aliphatic rings. The zero-order valence-corrected chi connectivity index (χ0v) is 18.6. The number of allylic oxidation sites excluding steroid dienone is 1. The van der Waals surface area contributed by atoms with Gasteiger partial charge in [0.25, 0.3) is 5.91 Å². The van der Waals surface area contributed by atoms with E-state index in [2.05, 4.69) is 20.6 Å². The van der Waals surface area contributed by atoms with E-state index in [9.17, 15) is 9.90 Å². The van der Waals surface area contributed by atoms with Crippen molar-refractivity contribution in [3.05, 3.63) is 89.9 Å². The number of phenolic OH excluding ortho intramolecular Hbond substituents is 1. The number of amides is 1. The number of hydrogen-bond donors (Lipinski definition) is 3. The number of nitrogens with one attached hydrogen (secondary N) is 2. The fourth-order valence-electron chi connectivity index (χ4n) is 3.97. The molecule has 5 rings (SSSR count). The molecule has 9 heteroatoms.